The lowest BCUT2D eigenvalue weighted by atomic mass is 10.2. The van der Waals surface area contributed by atoms with Crippen LogP contribution < -0.4 is 4.90 Å². The number of benzene rings is 1. The van der Waals surface area contributed by atoms with Crippen molar-refractivity contribution in [2.45, 2.75) is 27.3 Å². The number of hydrogen-bond acceptors (Lipinski definition) is 4. The SMILES string of the molecule is Cc1ccc2nc(N(Cc3ccco3)C(=O)C(C)C)sc2c1. The van der Waals surface area contributed by atoms with E-state index in [1.54, 1.807) is 11.2 Å². The third-order valence-electron chi connectivity index (χ3n) is 3.42. The van der Waals surface area contributed by atoms with Crippen molar-refractivity contribution in [3.05, 3.63) is 47.9 Å². The summed E-state index contributed by atoms with van der Waals surface area (Å²) in [4.78, 5) is 18.9. The summed E-state index contributed by atoms with van der Waals surface area (Å²) < 4.78 is 6.49. The van der Waals surface area contributed by atoms with Gasteiger partial charge < -0.3 is 4.42 Å². The smallest absolute Gasteiger partial charge is 0.231 e. The summed E-state index contributed by atoms with van der Waals surface area (Å²) in [6.07, 6.45) is 1.62. The van der Waals surface area contributed by atoms with Gasteiger partial charge >= 0.3 is 0 Å². The summed E-state index contributed by atoms with van der Waals surface area (Å²) in [5.74, 6) is 0.709. The lowest BCUT2D eigenvalue weighted by Crippen LogP contribution is -2.33. The van der Waals surface area contributed by atoms with E-state index in [1.807, 2.05) is 38.1 Å². The number of fused-ring (bicyclic) bond motifs is 1. The zero-order chi connectivity index (χ0) is 15.7. The summed E-state index contributed by atoms with van der Waals surface area (Å²) in [6, 6.07) is 9.83. The van der Waals surface area contributed by atoms with Crippen LogP contribution in [-0.4, -0.2) is 10.9 Å². The highest BCUT2D eigenvalue weighted by atomic mass is 32.1. The van der Waals surface area contributed by atoms with Crippen molar-refractivity contribution in [3.8, 4) is 0 Å². The number of furan rings is 1. The summed E-state index contributed by atoms with van der Waals surface area (Å²) in [6.45, 7) is 6.26. The number of carbonyl (C=O) groups is 1. The lowest BCUT2D eigenvalue weighted by Gasteiger charge is -2.20. The Labute approximate surface area is 133 Å². The normalized spacial score (nSPS) is 11.3. The number of carbonyl (C=O) groups excluding carboxylic acids is 1. The minimum atomic E-state index is -0.0938. The van der Waals surface area contributed by atoms with E-state index in [1.165, 1.54) is 16.9 Å². The van der Waals surface area contributed by atoms with Gasteiger partial charge in [-0.1, -0.05) is 31.3 Å². The van der Waals surface area contributed by atoms with Crippen LogP contribution in [0, 0.1) is 12.8 Å². The second-order valence-corrected chi connectivity index (χ2v) is 6.64. The standard InChI is InChI=1S/C17H18N2O2S/c1-11(2)16(20)19(10-13-5-4-8-21-13)17-18-14-7-6-12(3)9-15(14)22-17/h4-9,11H,10H2,1-3H3. The molecule has 22 heavy (non-hydrogen) atoms. The average Bonchev–Trinajstić information content (AvgIpc) is 3.12. The molecule has 2 aromatic heterocycles. The van der Waals surface area contributed by atoms with Crippen molar-refractivity contribution in [3.63, 3.8) is 0 Å². The molecule has 0 fully saturated rings. The molecule has 3 rings (SSSR count). The number of anilines is 1. The highest BCUT2D eigenvalue weighted by Gasteiger charge is 2.23. The highest BCUT2D eigenvalue weighted by molar-refractivity contribution is 7.22. The average molecular weight is 314 g/mol. The van der Waals surface area contributed by atoms with Gasteiger partial charge in [0.1, 0.15) is 5.76 Å². The molecular weight excluding hydrogens is 296 g/mol. The molecule has 0 bridgehead atoms. The molecule has 1 aromatic carbocycles. The number of rotatable bonds is 4. The molecule has 3 aromatic rings. The van der Waals surface area contributed by atoms with Crippen LogP contribution in [0.1, 0.15) is 25.2 Å². The van der Waals surface area contributed by atoms with Crippen LogP contribution in [0.2, 0.25) is 0 Å². The summed E-state index contributed by atoms with van der Waals surface area (Å²) in [5, 5.41) is 0.718. The van der Waals surface area contributed by atoms with Gasteiger partial charge in [-0.2, -0.15) is 0 Å². The van der Waals surface area contributed by atoms with Crippen molar-refractivity contribution < 1.29 is 9.21 Å². The predicted molar refractivity (Wildman–Crippen MR) is 89.1 cm³/mol. The first-order valence-electron chi connectivity index (χ1n) is 7.25. The highest BCUT2D eigenvalue weighted by Crippen LogP contribution is 2.31. The fourth-order valence-corrected chi connectivity index (χ4v) is 3.31. The molecule has 4 nitrogen and oxygen atoms in total. The van der Waals surface area contributed by atoms with Crippen molar-refractivity contribution in [2.24, 2.45) is 5.92 Å². The Morgan fingerprint density at radius 3 is 2.86 bits per heavy atom. The molecule has 0 aliphatic heterocycles. The molecule has 0 atom stereocenters. The number of nitrogens with zero attached hydrogens (tertiary/aromatic N) is 2. The van der Waals surface area contributed by atoms with Gasteiger partial charge in [-0.15, -0.1) is 0 Å². The summed E-state index contributed by atoms with van der Waals surface area (Å²) in [7, 11) is 0. The van der Waals surface area contributed by atoms with E-state index < -0.39 is 0 Å². The van der Waals surface area contributed by atoms with Crippen molar-refractivity contribution in [1.82, 2.24) is 4.98 Å². The molecule has 0 N–H and O–H groups in total. The summed E-state index contributed by atoms with van der Waals surface area (Å²) >= 11 is 1.54. The molecule has 2 heterocycles. The van der Waals surface area contributed by atoms with Crippen molar-refractivity contribution in [1.29, 1.82) is 0 Å². The Kier molecular flexibility index (Phi) is 3.98. The monoisotopic (exact) mass is 314 g/mol. The number of aromatic nitrogens is 1. The van der Waals surface area contributed by atoms with Gasteiger partial charge in [0.2, 0.25) is 5.91 Å². The van der Waals surface area contributed by atoms with E-state index in [0.29, 0.717) is 6.54 Å². The third kappa shape index (κ3) is 2.90. The Balaban J connectivity index is 2.00. The van der Waals surface area contributed by atoms with Crippen LogP contribution in [0.3, 0.4) is 0 Å². The van der Waals surface area contributed by atoms with Crippen molar-refractivity contribution in [2.75, 3.05) is 4.90 Å². The lowest BCUT2D eigenvalue weighted by molar-refractivity contribution is -0.121. The minimum absolute atomic E-state index is 0.0483. The zero-order valence-electron chi connectivity index (χ0n) is 12.9. The Hall–Kier alpha value is -2.14. The van der Waals surface area contributed by atoms with E-state index in [9.17, 15) is 4.79 Å². The van der Waals surface area contributed by atoms with E-state index >= 15 is 0 Å². The van der Waals surface area contributed by atoms with Gasteiger partial charge in [-0.05, 0) is 36.8 Å². The van der Waals surface area contributed by atoms with Gasteiger partial charge in [0, 0.05) is 5.92 Å². The fraction of sp³-hybridized carbons (Fsp3) is 0.294. The molecule has 0 radical (unpaired) electrons. The number of amides is 1. The van der Waals surface area contributed by atoms with Crippen LogP contribution >= 0.6 is 11.3 Å². The Bertz CT molecular complexity index is 790. The van der Waals surface area contributed by atoms with E-state index in [-0.39, 0.29) is 11.8 Å². The molecule has 1 amide bonds. The zero-order valence-corrected chi connectivity index (χ0v) is 13.7. The molecular formula is C17H18N2O2S. The maximum Gasteiger partial charge on any atom is 0.231 e. The second-order valence-electron chi connectivity index (χ2n) is 5.63. The van der Waals surface area contributed by atoms with E-state index in [2.05, 4.69) is 18.0 Å². The second kappa shape index (κ2) is 5.93. The van der Waals surface area contributed by atoms with Gasteiger partial charge in [-0.3, -0.25) is 9.69 Å². The Morgan fingerprint density at radius 2 is 2.18 bits per heavy atom. The fourth-order valence-electron chi connectivity index (χ4n) is 2.24. The number of thiazole rings is 1. The van der Waals surface area contributed by atoms with E-state index in [4.69, 9.17) is 4.42 Å². The first-order chi connectivity index (χ1) is 10.5. The topological polar surface area (TPSA) is 46.3 Å². The summed E-state index contributed by atoms with van der Waals surface area (Å²) in [5.41, 5.74) is 2.11. The van der Waals surface area contributed by atoms with Crippen LogP contribution in [0.4, 0.5) is 5.13 Å². The molecule has 0 spiro atoms. The van der Waals surface area contributed by atoms with Crippen LogP contribution in [0.25, 0.3) is 10.2 Å². The largest absolute Gasteiger partial charge is 0.467 e. The third-order valence-corrected chi connectivity index (χ3v) is 4.46. The molecule has 5 heteroatoms. The van der Waals surface area contributed by atoms with Gasteiger partial charge in [-0.25, -0.2) is 4.98 Å². The van der Waals surface area contributed by atoms with Gasteiger partial charge in [0.05, 0.1) is 23.0 Å². The molecule has 0 aliphatic carbocycles. The maximum absolute atomic E-state index is 12.6. The molecule has 0 unspecified atom stereocenters. The molecule has 0 saturated carbocycles. The van der Waals surface area contributed by atoms with Gasteiger partial charge in [0.25, 0.3) is 0 Å². The van der Waals surface area contributed by atoms with Crippen LogP contribution in [0.15, 0.2) is 41.0 Å². The van der Waals surface area contributed by atoms with E-state index in [0.717, 1.165) is 21.1 Å². The number of aryl methyl sites for hydroxylation is 1. The minimum Gasteiger partial charge on any atom is -0.467 e. The maximum atomic E-state index is 12.6. The predicted octanol–water partition coefficient (Wildman–Crippen LogP) is 4.39. The quantitative estimate of drug-likeness (QED) is 0.717. The first-order valence-corrected chi connectivity index (χ1v) is 8.07. The van der Waals surface area contributed by atoms with Crippen LogP contribution in [0.5, 0.6) is 0 Å². The first kappa shape index (κ1) is 14.8. The van der Waals surface area contributed by atoms with Crippen LogP contribution in [-0.2, 0) is 11.3 Å². The Morgan fingerprint density at radius 1 is 1.36 bits per heavy atom. The van der Waals surface area contributed by atoms with Crippen molar-refractivity contribution >= 4 is 32.6 Å². The number of hydrogen-bond donors (Lipinski definition) is 0. The molecule has 114 valence electrons. The van der Waals surface area contributed by atoms with Gasteiger partial charge in [0.15, 0.2) is 5.13 Å². The molecule has 0 saturated heterocycles. The molecule has 0 aliphatic rings.